The Morgan fingerprint density at radius 1 is 1.26 bits per heavy atom. The van der Waals surface area contributed by atoms with Gasteiger partial charge in [-0.05, 0) is 18.6 Å². The van der Waals surface area contributed by atoms with Crippen LogP contribution in [-0.2, 0) is 13.0 Å². The highest BCUT2D eigenvalue weighted by Gasteiger charge is 2.18. The van der Waals surface area contributed by atoms with E-state index >= 15 is 0 Å². The van der Waals surface area contributed by atoms with Gasteiger partial charge in [0.05, 0.1) is 37.8 Å². The molecule has 1 aromatic carbocycles. The molecule has 1 heterocycles. The Kier molecular flexibility index (Phi) is 4.06. The zero-order valence-electron chi connectivity index (χ0n) is 11.4. The zero-order chi connectivity index (χ0) is 13.8. The number of hydrogen-bond donors (Lipinski definition) is 1. The largest absolute Gasteiger partial charge is 0.497 e. The second-order valence-electron chi connectivity index (χ2n) is 4.06. The Morgan fingerprint density at radius 2 is 2.05 bits per heavy atom. The predicted octanol–water partition coefficient (Wildman–Crippen LogP) is 1.94. The van der Waals surface area contributed by atoms with Crippen LogP contribution in [0.2, 0.25) is 0 Å². The fraction of sp³-hybridized carbons (Fsp3) is 0.357. The van der Waals surface area contributed by atoms with E-state index in [0.717, 1.165) is 29.1 Å². The van der Waals surface area contributed by atoms with Crippen LogP contribution in [0, 0.1) is 0 Å². The maximum absolute atomic E-state index is 9.46. The molecule has 0 bridgehead atoms. The molecular weight excluding hydrogens is 244 g/mol. The van der Waals surface area contributed by atoms with Crippen molar-refractivity contribution >= 4 is 0 Å². The molecular formula is C14H18N2O3. The first-order chi connectivity index (χ1) is 9.24. The van der Waals surface area contributed by atoms with Crippen LogP contribution in [0.4, 0.5) is 0 Å². The van der Waals surface area contributed by atoms with Crippen molar-refractivity contribution in [3.05, 3.63) is 35.5 Å². The van der Waals surface area contributed by atoms with Gasteiger partial charge in [0, 0.05) is 6.07 Å². The van der Waals surface area contributed by atoms with Crippen molar-refractivity contribution in [1.82, 2.24) is 9.78 Å². The van der Waals surface area contributed by atoms with Gasteiger partial charge in [0.1, 0.15) is 5.75 Å². The van der Waals surface area contributed by atoms with E-state index < -0.39 is 0 Å². The van der Waals surface area contributed by atoms with E-state index in [1.807, 2.05) is 31.2 Å². The Balaban J connectivity index is 2.57. The van der Waals surface area contributed by atoms with Gasteiger partial charge < -0.3 is 14.6 Å². The molecule has 0 fully saturated rings. The topological polar surface area (TPSA) is 56.5 Å². The maximum atomic E-state index is 9.46. The highest BCUT2D eigenvalue weighted by Crippen LogP contribution is 2.27. The van der Waals surface area contributed by atoms with E-state index in [4.69, 9.17) is 9.47 Å². The predicted molar refractivity (Wildman–Crippen MR) is 72.0 cm³/mol. The Hall–Kier alpha value is -2.01. The third-order valence-corrected chi connectivity index (χ3v) is 3.00. The summed E-state index contributed by atoms with van der Waals surface area (Å²) < 4.78 is 12.3. The Labute approximate surface area is 112 Å². The molecule has 0 aliphatic rings. The summed E-state index contributed by atoms with van der Waals surface area (Å²) in [4.78, 5) is 0. The third-order valence-electron chi connectivity index (χ3n) is 3.00. The Morgan fingerprint density at radius 3 is 2.63 bits per heavy atom. The van der Waals surface area contributed by atoms with Gasteiger partial charge >= 0.3 is 0 Å². The third kappa shape index (κ3) is 2.42. The number of aliphatic hydroxyl groups excluding tert-OH is 1. The average Bonchev–Trinajstić information content (AvgIpc) is 2.84. The smallest absolute Gasteiger partial charge is 0.222 e. The first kappa shape index (κ1) is 13.4. The molecule has 5 nitrogen and oxygen atoms in total. The van der Waals surface area contributed by atoms with Crippen LogP contribution in [0.1, 0.15) is 18.2 Å². The quantitative estimate of drug-likeness (QED) is 0.894. The number of ether oxygens (including phenoxy) is 2. The van der Waals surface area contributed by atoms with Crippen LogP contribution < -0.4 is 9.47 Å². The number of aryl methyl sites for hydroxylation is 1. The van der Waals surface area contributed by atoms with Crippen LogP contribution in [0.25, 0.3) is 5.69 Å². The van der Waals surface area contributed by atoms with Gasteiger partial charge in [-0.25, -0.2) is 4.68 Å². The van der Waals surface area contributed by atoms with Crippen LogP contribution in [0.5, 0.6) is 11.6 Å². The van der Waals surface area contributed by atoms with Gasteiger partial charge in [-0.3, -0.25) is 0 Å². The summed E-state index contributed by atoms with van der Waals surface area (Å²) in [6.07, 6.45) is 0.739. The van der Waals surface area contributed by atoms with Crippen LogP contribution in [-0.4, -0.2) is 29.1 Å². The van der Waals surface area contributed by atoms with E-state index in [-0.39, 0.29) is 6.61 Å². The number of hydrogen-bond acceptors (Lipinski definition) is 4. The van der Waals surface area contributed by atoms with E-state index in [2.05, 4.69) is 5.10 Å². The van der Waals surface area contributed by atoms with E-state index in [1.54, 1.807) is 18.9 Å². The molecule has 0 atom stereocenters. The number of nitrogens with zero attached hydrogens (tertiary/aromatic N) is 2. The minimum absolute atomic E-state index is 0.0870. The van der Waals surface area contributed by atoms with Gasteiger partial charge in [0.25, 0.3) is 0 Å². The number of aliphatic hydroxyl groups is 1. The lowest BCUT2D eigenvalue weighted by Gasteiger charge is -2.08. The molecule has 5 heteroatoms. The molecule has 1 aromatic heterocycles. The summed E-state index contributed by atoms with van der Waals surface area (Å²) in [6.45, 7) is 1.91. The fourth-order valence-electron chi connectivity index (χ4n) is 2.05. The van der Waals surface area contributed by atoms with Crippen molar-refractivity contribution in [2.24, 2.45) is 0 Å². The minimum atomic E-state index is -0.0870. The first-order valence-corrected chi connectivity index (χ1v) is 6.15. The van der Waals surface area contributed by atoms with Crippen molar-refractivity contribution < 1.29 is 14.6 Å². The lowest BCUT2D eigenvalue weighted by Crippen LogP contribution is -2.01. The molecule has 0 saturated heterocycles. The lowest BCUT2D eigenvalue weighted by molar-refractivity contribution is 0.271. The summed E-state index contributed by atoms with van der Waals surface area (Å²) in [6, 6.07) is 7.54. The molecule has 0 spiro atoms. The lowest BCUT2D eigenvalue weighted by atomic mass is 10.2. The molecule has 2 rings (SSSR count). The van der Waals surface area contributed by atoms with Crippen molar-refractivity contribution in [2.45, 2.75) is 20.0 Å². The highest BCUT2D eigenvalue weighted by atomic mass is 16.5. The molecule has 2 aromatic rings. The van der Waals surface area contributed by atoms with Crippen molar-refractivity contribution in [1.29, 1.82) is 0 Å². The molecule has 0 radical (unpaired) electrons. The molecule has 0 aliphatic heterocycles. The molecule has 1 N–H and O–H groups in total. The summed E-state index contributed by atoms with van der Waals surface area (Å²) in [7, 11) is 3.20. The SMILES string of the molecule is CCc1nn(-c2cccc(OC)c2)c(OC)c1CO. The van der Waals surface area contributed by atoms with Crippen molar-refractivity contribution in [3.8, 4) is 17.3 Å². The van der Waals surface area contributed by atoms with Crippen molar-refractivity contribution in [3.63, 3.8) is 0 Å². The number of aromatic nitrogens is 2. The van der Waals surface area contributed by atoms with Crippen molar-refractivity contribution in [2.75, 3.05) is 14.2 Å². The average molecular weight is 262 g/mol. The Bertz CT molecular complexity index is 564. The van der Waals surface area contributed by atoms with Gasteiger partial charge in [-0.2, -0.15) is 5.10 Å². The minimum Gasteiger partial charge on any atom is -0.497 e. The standard InChI is InChI=1S/C14H18N2O3/c1-4-13-12(9-17)14(19-3)16(15-13)10-6-5-7-11(8-10)18-2/h5-8,17H,4,9H2,1-3H3. The summed E-state index contributed by atoms with van der Waals surface area (Å²) in [5.41, 5.74) is 2.40. The number of rotatable bonds is 5. The van der Waals surface area contributed by atoms with Gasteiger partial charge in [0.15, 0.2) is 0 Å². The highest BCUT2D eigenvalue weighted by molar-refractivity contribution is 5.44. The summed E-state index contributed by atoms with van der Waals surface area (Å²) in [5.74, 6) is 1.31. The molecule has 0 aliphatic carbocycles. The first-order valence-electron chi connectivity index (χ1n) is 6.15. The second-order valence-corrected chi connectivity index (χ2v) is 4.06. The maximum Gasteiger partial charge on any atom is 0.222 e. The van der Waals surface area contributed by atoms with Gasteiger partial charge in [-0.15, -0.1) is 0 Å². The van der Waals surface area contributed by atoms with Crippen LogP contribution in [0.3, 0.4) is 0 Å². The molecule has 19 heavy (non-hydrogen) atoms. The van der Waals surface area contributed by atoms with E-state index in [0.29, 0.717) is 5.88 Å². The molecule has 0 amide bonds. The van der Waals surface area contributed by atoms with Gasteiger partial charge in [-0.1, -0.05) is 13.0 Å². The fourth-order valence-corrected chi connectivity index (χ4v) is 2.05. The van der Waals surface area contributed by atoms with Gasteiger partial charge in [0.2, 0.25) is 5.88 Å². The normalized spacial score (nSPS) is 10.5. The molecule has 102 valence electrons. The van der Waals surface area contributed by atoms with Crippen LogP contribution in [0.15, 0.2) is 24.3 Å². The molecule has 0 unspecified atom stereocenters. The second kappa shape index (κ2) is 5.75. The number of methoxy groups -OCH3 is 2. The van der Waals surface area contributed by atoms with Crippen LogP contribution >= 0.6 is 0 Å². The molecule has 0 saturated carbocycles. The summed E-state index contributed by atoms with van der Waals surface area (Å²) in [5, 5.41) is 14.0. The van der Waals surface area contributed by atoms with E-state index in [9.17, 15) is 5.11 Å². The van der Waals surface area contributed by atoms with E-state index in [1.165, 1.54) is 0 Å². The summed E-state index contributed by atoms with van der Waals surface area (Å²) >= 11 is 0. The zero-order valence-corrected chi connectivity index (χ0v) is 11.4. The number of benzene rings is 1. The monoisotopic (exact) mass is 262 g/mol.